The fraction of sp³-hybridized carbons (Fsp3) is 0.478. The predicted molar refractivity (Wildman–Crippen MR) is 108 cm³/mol. The van der Waals surface area contributed by atoms with Gasteiger partial charge >= 0.3 is 0 Å². The first-order valence-electron chi connectivity index (χ1n) is 10.00. The predicted octanol–water partition coefficient (Wildman–Crippen LogP) is 4.05. The van der Waals surface area contributed by atoms with E-state index in [0.29, 0.717) is 29.7 Å². The number of nitriles is 1. The molecular formula is C23H27N3O2. The third-order valence-corrected chi connectivity index (χ3v) is 6.08. The minimum absolute atomic E-state index is 0.0535. The number of hydrogen-bond donors (Lipinski definition) is 1. The van der Waals surface area contributed by atoms with Crippen LogP contribution in [0.1, 0.15) is 56.6 Å². The minimum Gasteiger partial charge on any atom is -0.444 e. The van der Waals surface area contributed by atoms with Gasteiger partial charge in [-0.15, -0.1) is 0 Å². The van der Waals surface area contributed by atoms with E-state index in [1.54, 1.807) is 0 Å². The van der Waals surface area contributed by atoms with Gasteiger partial charge < -0.3 is 15.4 Å². The molecule has 0 amide bonds. The Morgan fingerprint density at radius 3 is 2.61 bits per heavy atom. The second-order valence-electron chi connectivity index (χ2n) is 8.94. The first kappa shape index (κ1) is 18.6. The lowest BCUT2D eigenvalue weighted by molar-refractivity contribution is -0.119. The molecule has 0 aromatic heterocycles. The molecule has 0 spiro atoms. The zero-order valence-electron chi connectivity index (χ0n) is 16.8. The quantitative estimate of drug-likeness (QED) is 0.841. The summed E-state index contributed by atoms with van der Waals surface area (Å²) in [5, 5.41) is 9.76. The first-order valence-corrected chi connectivity index (χ1v) is 10.00. The van der Waals surface area contributed by atoms with Crippen LogP contribution in [0.5, 0.6) is 0 Å². The highest BCUT2D eigenvalue weighted by Crippen LogP contribution is 2.48. The summed E-state index contributed by atoms with van der Waals surface area (Å²) in [5.74, 6) is 0.364. The molecule has 0 radical (unpaired) electrons. The number of nitrogens with zero attached hydrogens (tertiary/aromatic N) is 2. The smallest absolute Gasteiger partial charge is 0.205 e. The summed E-state index contributed by atoms with van der Waals surface area (Å²) >= 11 is 0. The van der Waals surface area contributed by atoms with E-state index in [1.165, 1.54) is 18.5 Å². The molecule has 4 rings (SSSR count). The van der Waals surface area contributed by atoms with Crippen molar-refractivity contribution in [2.75, 3.05) is 18.0 Å². The van der Waals surface area contributed by atoms with Gasteiger partial charge in [0, 0.05) is 37.2 Å². The highest BCUT2D eigenvalue weighted by Gasteiger charge is 2.43. The Bertz CT molecular complexity index is 943. The molecular weight excluding hydrogens is 350 g/mol. The Morgan fingerprint density at radius 1 is 1.25 bits per heavy atom. The van der Waals surface area contributed by atoms with Crippen LogP contribution >= 0.6 is 0 Å². The third-order valence-electron chi connectivity index (χ3n) is 6.08. The topological polar surface area (TPSA) is 79.4 Å². The molecule has 1 aromatic rings. The molecule has 5 nitrogen and oxygen atoms in total. The lowest BCUT2D eigenvalue weighted by atomic mass is 9.70. The molecule has 1 atom stereocenters. The average molecular weight is 377 g/mol. The number of carbonyl (C=O) groups is 1. The molecule has 2 heterocycles. The normalized spacial score (nSPS) is 24.1. The SMILES string of the molecule is Cc1cc(C2C(C#N)=C(N)OC3=C2C(=O)CC(C)(C)C3)ccc1N1CCCC1. The molecule has 5 heteroatoms. The third kappa shape index (κ3) is 3.07. The van der Waals surface area contributed by atoms with E-state index in [-0.39, 0.29) is 17.1 Å². The molecule has 1 aliphatic carbocycles. The van der Waals surface area contributed by atoms with Crippen LogP contribution in [-0.4, -0.2) is 18.9 Å². The summed E-state index contributed by atoms with van der Waals surface area (Å²) < 4.78 is 5.77. The van der Waals surface area contributed by atoms with Crippen LogP contribution in [0.15, 0.2) is 41.0 Å². The van der Waals surface area contributed by atoms with Crippen LogP contribution in [0.25, 0.3) is 0 Å². The maximum absolute atomic E-state index is 13.0. The van der Waals surface area contributed by atoms with Gasteiger partial charge in [-0.1, -0.05) is 26.0 Å². The number of ketones is 1. The molecule has 146 valence electrons. The number of carbonyl (C=O) groups excluding carboxylic acids is 1. The number of hydrogen-bond acceptors (Lipinski definition) is 5. The number of nitrogens with two attached hydrogens (primary N) is 1. The number of anilines is 1. The Balaban J connectivity index is 1.80. The number of Topliss-reactive ketones (excluding diaryl/α,β-unsaturated/α-hetero) is 1. The van der Waals surface area contributed by atoms with Crippen molar-refractivity contribution in [1.29, 1.82) is 5.26 Å². The standard InChI is InChI=1S/C23H27N3O2/c1-14-10-15(6-7-17(14)26-8-4-5-9-26)20-16(13-24)22(25)28-19-12-23(2,3)11-18(27)21(19)20/h6-7,10,20H,4-5,8-9,11-12,25H2,1-3H3. The fourth-order valence-electron chi connectivity index (χ4n) is 4.79. The van der Waals surface area contributed by atoms with Crippen LogP contribution in [0.2, 0.25) is 0 Å². The highest BCUT2D eigenvalue weighted by atomic mass is 16.5. The summed E-state index contributed by atoms with van der Waals surface area (Å²) in [5.41, 5.74) is 10.2. The van der Waals surface area contributed by atoms with E-state index in [2.05, 4.69) is 43.9 Å². The second kappa shape index (κ2) is 6.70. The Labute approximate surface area is 166 Å². The molecule has 0 saturated carbocycles. The van der Waals surface area contributed by atoms with Crippen molar-refractivity contribution in [3.8, 4) is 6.07 Å². The lowest BCUT2D eigenvalue weighted by Gasteiger charge is -2.37. The molecule has 0 bridgehead atoms. The summed E-state index contributed by atoms with van der Waals surface area (Å²) in [6, 6.07) is 8.46. The van der Waals surface area contributed by atoms with Crippen LogP contribution in [0.3, 0.4) is 0 Å². The highest BCUT2D eigenvalue weighted by molar-refractivity contribution is 6.00. The summed E-state index contributed by atoms with van der Waals surface area (Å²) in [4.78, 5) is 15.4. The van der Waals surface area contributed by atoms with Gasteiger partial charge in [-0.2, -0.15) is 5.26 Å². The zero-order chi connectivity index (χ0) is 20.1. The van der Waals surface area contributed by atoms with Crippen molar-refractivity contribution >= 4 is 11.5 Å². The lowest BCUT2D eigenvalue weighted by Crippen LogP contribution is -2.33. The number of aryl methyl sites for hydroxylation is 1. The van der Waals surface area contributed by atoms with E-state index in [0.717, 1.165) is 24.2 Å². The van der Waals surface area contributed by atoms with Gasteiger partial charge in [0.1, 0.15) is 17.4 Å². The van der Waals surface area contributed by atoms with E-state index in [9.17, 15) is 10.1 Å². The summed E-state index contributed by atoms with van der Waals surface area (Å²) in [6.45, 7) is 8.37. The summed E-state index contributed by atoms with van der Waals surface area (Å²) in [7, 11) is 0. The van der Waals surface area contributed by atoms with Gasteiger partial charge in [0.2, 0.25) is 5.88 Å². The van der Waals surface area contributed by atoms with E-state index < -0.39 is 5.92 Å². The monoisotopic (exact) mass is 377 g/mol. The van der Waals surface area contributed by atoms with Crippen molar-refractivity contribution in [3.05, 3.63) is 52.1 Å². The van der Waals surface area contributed by atoms with E-state index in [1.807, 2.05) is 6.07 Å². The maximum Gasteiger partial charge on any atom is 0.205 e. The molecule has 3 aliphatic rings. The van der Waals surface area contributed by atoms with Gasteiger partial charge in [0.25, 0.3) is 0 Å². The largest absolute Gasteiger partial charge is 0.444 e. The van der Waals surface area contributed by atoms with Gasteiger partial charge in [0.05, 0.1) is 5.92 Å². The van der Waals surface area contributed by atoms with Gasteiger partial charge in [-0.25, -0.2) is 0 Å². The first-order chi connectivity index (χ1) is 13.3. The summed E-state index contributed by atoms with van der Waals surface area (Å²) in [6.07, 6.45) is 3.54. The van der Waals surface area contributed by atoms with Crippen LogP contribution in [0.4, 0.5) is 5.69 Å². The van der Waals surface area contributed by atoms with Crippen LogP contribution < -0.4 is 10.6 Å². The van der Waals surface area contributed by atoms with Gasteiger partial charge in [-0.3, -0.25) is 4.79 Å². The molecule has 1 unspecified atom stereocenters. The Morgan fingerprint density at radius 2 is 1.96 bits per heavy atom. The van der Waals surface area contributed by atoms with Crippen LogP contribution in [-0.2, 0) is 9.53 Å². The minimum atomic E-state index is -0.441. The number of allylic oxidation sites excluding steroid dienone is 3. The van der Waals surface area contributed by atoms with Gasteiger partial charge in [0.15, 0.2) is 5.78 Å². The molecule has 2 aliphatic heterocycles. The molecule has 28 heavy (non-hydrogen) atoms. The molecule has 1 aromatic carbocycles. The Hall–Kier alpha value is -2.74. The number of rotatable bonds is 2. The molecule has 2 N–H and O–H groups in total. The maximum atomic E-state index is 13.0. The van der Waals surface area contributed by atoms with E-state index in [4.69, 9.17) is 10.5 Å². The number of ether oxygens (including phenoxy) is 1. The van der Waals surface area contributed by atoms with Crippen LogP contribution in [0, 0.1) is 23.7 Å². The van der Waals surface area contributed by atoms with Crippen molar-refractivity contribution in [2.24, 2.45) is 11.1 Å². The zero-order valence-corrected chi connectivity index (χ0v) is 16.8. The molecule has 1 saturated heterocycles. The molecule has 1 fully saturated rings. The van der Waals surface area contributed by atoms with Gasteiger partial charge in [-0.05, 0) is 42.4 Å². The number of benzene rings is 1. The van der Waals surface area contributed by atoms with Crippen molar-refractivity contribution in [2.45, 2.75) is 52.4 Å². The average Bonchev–Trinajstić information content (AvgIpc) is 3.13. The fourth-order valence-corrected chi connectivity index (χ4v) is 4.79. The van der Waals surface area contributed by atoms with Crippen molar-refractivity contribution in [1.82, 2.24) is 0 Å². The van der Waals surface area contributed by atoms with Crippen molar-refractivity contribution < 1.29 is 9.53 Å². The second-order valence-corrected chi connectivity index (χ2v) is 8.94. The van der Waals surface area contributed by atoms with E-state index >= 15 is 0 Å². The Kier molecular flexibility index (Phi) is 4.45. The van der Waals surface area contributed by atoms with Crippen molar-refractivity contribution in [3.63, 3.8) is 0 Å².